The van der Waals surface area contributed by atoms with Crippen molar-refractivity contribution in [1.29, 1.82) is 0 Å². The smallest absolute Gasteiger partial charge is 0.328 e. The molecule has 2 aliphatic rings. The Morgan fingerprint density at radius 2 is 1.71 bits per heavy atom. The van der Waals surface area contributed by atoms with Gasteiger partial charge in [-0.15, -0.1) is 0 Å². The van der Waals surface area contributed by atoms with E-state index >= 15 is 0 Å². The Morgan fingerprint density at radius 3 is 2.38 bits per heavy atom. The van der Waals surface area contributed by atoms with E-state index in [1.165, 1.54) is 17.7 Å². The predicted octanol–water partition coefficient (Wildman–Crippen LogP) is 5.92. The molecule has 2 aromatic rings. The first kappa shape index (κ1) is 24.1. The van der Waals surface area contributed by atoms with E-state index in [9.17, 15) is 9.59 Å². The molecule has 1 heterocycles. The van der Waals surface area contributed by atoms with E-state index < -0.39 is 5.97 Å². The third kappa shape index (κ3) is 6.28. The van der Waals surface area contributed by atoms with E-state index in [4.69, 9.17) is 5.11 Å². The molecule has 5 heteroatoms. The average Bonchev–Trinajstić information content (AvgIpc) is 2.87. The number of nitrogens with zero attached hydrogens (tertiary/aromatic N) is 2. The molecule has 0 radical (unpaired) electrons. The molecule has 0 bridgehead atoms. The number of carbonyl (C=O) groups is 2. The summed E-state index contributed by atoms with van der Waals surface area (Å²) in [6.45, 7) is 4.84. The number of piperidine rings is 1. The van der Waals surface area contributed by atoms with E-state index in [-0.39, 0.29) is 11.8 Å². The van der Waals surface area contributed by atoms with Crippen LogP contribution in [0, 0.1) is 18.8 Å². The number of carboxylic acid groups (broad SMARTS) is 1. The maximum Gasteiger partial charge on any atom is 0.328 e. The third-order valence-electron chi connectivity index (χ3n) is 7.28. The molecule has 2 aromatic carbocycles. The van der Waals surface area contributed by atoms with Crippen molar-refractivity contribution in [3.05, 3.63) is 65.7 Å². The number of amides is 1. The fourth-order valence-electron chi connectivity index (χ4n) is 5.24. The van der Waals surface area contributed by atoms with Crippen molar-refractivity contribution in [1.82, 2.24) is 0 Å². The zero-order valence-electron chi connectivity index (χ0n) is 20.2. The first-order chi connectivity index (χ1) is 16.5. The summed E-state index contributed by atoms with van der Waals surface area (Å²) in [6.07, 6.45) is 10.3. The second-order valence-electron chi connectivity index (χ2n) is 9.82. The van der Waals surface area contributed by atoms with Gasteiger partial charge in [0.25, 0.3) is 0 Å². The summed E-state index contributed by atoms with van der Waals surface area (Å²) in [7, 11) is 0. The maximum absolute atomic E-state index is 13.7. The van der Waals surface area contributed by atoms with E-state index in [1.807, 2.05) is 29.2 Å². The number of benzene rings is 2. The maximum atomic E-state index is 13.7. The number of hydrogen-bond donors (Lipinski definition) is 1. The molecule has 34 heavy (non-hydrogen) atoms. The van der Waals surface area contributed by atoms with Gasteiger partial charge in [0, 0.05) is 43.0 Å². The molecule has 0 spiro atoms. The van der Waals surface area contributed by atoms with Crippen LogP contribution < -0.4 is 9.80 Å². The van der Waals surface area contributed by atoms with Gasteiger partial charge in [-0.3, -0.25) is 4.79 Å². The molecule has 0 atom stereocenters. The summed E-state index contributed by atoms with van der Waals surface area (Å²) in [6, 6.07) is 16.5. The topological polar surface area (TPSA) is 60.9 Å². The van der Waals surface area contributed by atoms with Crippen molar-refractivity contribution >= 4 is 29.3 Å². The first-order valence-electron chi connectivity index (χ1n) is 12.6. The van der Waals surface area contributed by atoms with Gasteiger partial charge in [-0.25, -0.2) is 4.79 Å². The van der Waals surface area contributed by atoms with Crippen LogP contribution in [-0.4, -0.2) is 36.6 Å². The summed E-state index contributed by atoms with van der Waals surface area (Å²) >= 11 is 0. The van der Waals surface area contributed by atoms with Crippen LogP contribution in [0.1, 0.15) is 56.1 Å². The molecule has 1 saturated heterocycles. The van der Waals surface area contributed by atoms with Crippen LogP contribution in [0.25, 0.3) is 6.08 Å². The van der Waals surface area contributed by atoms with Crippen molar-refractivity contribution in [2.75, 3.05) is 29.4 Å². The van der Waals surface area contributed by atoms with Crippen LogP contribution >= 0.6 is 0 Å². The minimum absolute atomic E-state index is 0.0969. The lowest BCUT2D eigenvalue weighted by atomic mass is 9.87. The van der Waals surface area contributed by atoms with Crippen LogP contribution in [-0.2, 0) is 9.59 Å². The molecule has 180 valence electrons. The van der Waals surface area contributed by atoms with Crippen molar-refractivity contribution < 1.29 is 14.7 Å². The monoisotopic (exact) mass is 460 g/mol. The SMILES string of the molecule is Cc1ccc(N2CCC(CN(C(=O)C3CCCCC3)c3cccc(C=CC(=O)O)c3)CC2)cc1. The summed E-state index contributed by atoms with van der Waals surface area (Å²) in [4.78, 5) is 29.1. The second-order valence-corrected chi connectivity index (χ2v) is 9.82. The lowest BCUT2D eigenvalue weighted by molar-refractivity contribution is -0.131. The lowest BCUT2D eigenvalue weighted by Crippen LogP contribution is -2.43. The van der Waals surface area contributed by atoms with Crippen LogP contribution in [0.4, 0.5) is 11.4 Å². The molecule has 1 amide bonds. The van der Waals surface area contributed by atoms with Crippen LogP contribution in [0.2, 0.25) is 0 Å². The summed E-state index contributed by atoms with van der Waals surface area (Å²) < 4.78 is 0. The van der Waals surface area contributed by atoms with Gasteiger partial charge in [-0.2, -0.15) is 0 Å². The molecule has 2 fully saturated rings. The normalized spacial score (nSPS) is 17.7. The highest BCUT2D eigenvalue weighted by Gasteiger charge is 2.30. The zero-order chi connectivity index (χ0) is 23.9. The number of carbonyl (C=O) groups excluding carboxylic acids is 1. The molecule has 4 rings (SSSR count). The Kier molecular flexibility index (Phi) is 8.04. The van der Waals surface area contributed by atoms with Gasteiger partial charge in [0.2, 0.25) is 5.91 Å². The van der Waals surface area contributed by atoms with Gasteiger partial charge in [0.1, 0.15) is 0 Å². The lowest BCUT2D eigenvalue weighted by Gasteiger charge is -2.37. The second kappa shape index (κ2) is 11.4. The minimum atomic E-state index is -0.971. The van der Waals surface area contributed by atoms with Crippen molar-refractivity contribution in [3.8, 4) is 0 Å². The number of rotatable bonds is 7. The molecule has 0 aromatic heterocycles. The van der Waals surface area contributed by atoms with Gasteiger partial charge in [-0.05, 0) is 74.4 Å². The fourth-order valence-corrected chi connectivity index (χ4v) is 5.24. The minimum Gasteiger partial charge on any atom is -0.478 e. The average molecular weight is 461 g/mol. The first-order valence-corrected chi connectivity index (χ1v) is 12.6. The van der Waals surface area contributed by atoms with Crippen LogP contribution in [0.5, 0.6) is 0 Å². The molecule has 0 unspecified atom stereocenters. The summed E-state index contributed by atoms with van der Waals surface area (Å²) in [5, 5.41) is 8.99. The van der Waals surface area contributed by atoms with Crippen molar-refractivity contribution in [2.24, 2.45) is 11.8 Å². The highest BCUT2D eigenvalue weighted by atomic mass is 16.4. The van der Waals surface area contributed by atoms with E-state index in [0.29, 0.717) is 5.92 Å². The Balaban J connectivity index is 1.48. The number of hydrogen-bond acceptors (Lipinski definition) is 3. The van der Waals surface area contributed by atoms with Crippen LogP contribution in [0.15, 0.2) is 54.6 Å². The third-order valence-corrected chi connectivity index (χ3v) is 7.28. The van der Waals surface area contributed by atoms with Gasteiger partial charge in [0.05, 0.1) is 0 Å². The number of anilines is 2. The molecule has 1 saturated carbocycles. The van der Waals surface area contributed by atoms with Crippen molar-refractivity contribution in [3.63, 3.8) is 0 Å². The van der Waals surface area contributed by atoms with Gasteiger partial charge in [-0.1, -0.05) is 49.1 Å². The standard InChI is InChI=1S/C29H36N2O3/c1-22-10-13-26(14-11-22)30-18-16-24(17-19-30)21-31(29(34)25-7-3-2-4-8-25)27-9-5-6-23(20-27)12-15-28(32)33/h5-6,9-15,20,24-25H,2-4,7-8,16-19,21H2,1H3,(H,32,33). The number of aliphatic carboxylic acids is 1. The zero-order valence-corrected chi connectivity index (χ0v) is 20.2. The van der Waals surface area contributed by atoms with Crippen molar-refractivity contribution in [2.45, 2.75) is 51.9 Å². The summed E-state index contributed by atoms with van der Waals surface area (Å²) in [5.74, 6) is -0.187. The highest BCUT2D eigenvalue weighted by molar-refractivity contribution is 5.95. The molecular weight excluding hydrogens is 424 g/mol. The summed E-state index contributed by atoms with van der Waals surface area (Å²) in [5.41, 5.74) is 4.23. The van der Waals surface area contributed by atoms with E-state index in [2.05, 4.69) is 36.1 Å². The Morgan fingerprint density at radius 1 is 1.00 bits per heavy atom. The Labute approximate surface area is 203 Å². The fraction of sp³-hybridized carbons (Fsp3) is 0.448. The van der Waals surface area contributed by atoms with Gasteiger partial charge in [0.15, 0.2) is 0 Å². The number of carboxylic acids is 1. The highest BCUT2D eigenvalue weighted by Crippen LogP contribution is 2.31. The van der Waals surface area contributed by atoms with E-state index in [1.54, 1.807) is 6.08 Å². The molecular formula is C29H36N2O3. The molecule has 1 aliphatic carbocycles. The molecule has 5 nitrogen and oxygen atoms in total. The quantitative estimate of drug-likeness (QED) is 0.521. The predicted molar refractivity (Wildman–Crippen MR) is 138 cm³/mol. The largest absolute Gasteiger partial charge is 0.478 e. The van der Waals surface area contributed by atoms with E-state index in [0.717, 1.165) is 75.5 Å². The Bertz CT molecular complexity index is 1000. The van der Waals surface area contributed by atoms with Crippen LogP contribution in [0.3, 0.4) is 0 Å². The Hall–Kier alpha value is -3.08. The van der Waals surface area contributed by atoms with Gasteiger partial charge >= 0.3 is 5.97 Å². The molecule has 1 aliphatic heterocycles. The number of aryl methyl sites for hydroxylation is 1. The van der Waals surface area contributed by atoms with Gasteiger partial charge < -0.3 is 14.9 Å². The molecule has 1 N–H and O–H groups in total.